The molecule has 3 aromatic rings. The summed E-state index contributed by atoms with van der Waals surface area (Å²) in [5, 5.41) is 19.0. The number of hydrogen-bond acceptors (Lipinski definition) is 3. The van der Waals surface area contributed by atoms with E-state index in [-0.39, 0.29) is 24.0 Å². The van der Waals surface area contributed by atoms with Crippen LogP contribution in [0.15, 0.2) is 72.8 Å². The van der Waals surface area contributed by atoms with Crippen LogP contribution in [0, 0.1) is 0 Å². The van der Waals surface area contributed by atoms with E-state index in [9.17, 15) is 9.90 Å². The maximum atomic E-state index is 10.9. The van der Waals surface area contributed by atoms with Crippen molar-refractivity contribution in [1.82, 2.24) is 0 Å². The van der Waals surface area contributed by atoms with Gasteiger partial charge >= 0.3 is 5.97 Å². The Bertz CT molecular complexity index is 948. The Balaban J connectivity index is 1.79. The van der Waals surface area contributed by atoms with Gasteiger partial charge < -0.3 is 14.9 Å². The van der Waals surface area contributed by atoms with E-state index in [0.29, 0.717) is 6.61 Å². The van der Waals surface area contributed by atoms with Crippen molar-refractivity contribution in [3.8, 4) is 11.5 Å². The first-order chi connectivity index (χ1) is 13.1. The zero-order valence-electron chi connectivity index (χ0n) is 14.7. The molecule has 0 fully saturated rings. The SMILES string of the molecule is O=C(O)Cc1ccc([C@H]2c3cc(O)ccc3OC[C@H]2c2ccccc2)cc1. The van der Waals surface area contributed by atoms with Crippen molar-refractivity contribution in [3.05, 3.63) is 95.1 Å². The summed E-state index contributed by atoms with van der Waals surface area (Å²) < 4.78 is 5.98. The van der Waals surface area contributed by atoms with Gasteiger partial charge in [-0.25, -0.2) is 0 Å². The van der Waals surface area contributed by atoms with E-state index in [1.165, 1.54) is 5.56 Å². The normalized spacial score (nSPS) is 18.4. The molecular weight excluding hydrogens is 340 g/mol. The largest absolute Gasteiger partial charge is 0.508 e. The number of ether oxygens (including phenoxy) is 1. The van der Waals surface area contributed by atoms with Crippen molar-refractivity contribution in [2.45, 2.75) is 18.3 Å². The smallest absolute Gasteiger partial charge is 0.307 e. The highest BCUT2D eigenvalue weighted by Crippen LogP contribution is 2.46. The summed E-state index contributed by atoms with van der Waals surface area (Å²) in [5.41, 5.74) is 3.96. The quantitative estimate of drug-likeness (QED) is 0.727. The van der Waals surface area contributed by atoms with Crippen molar-refractivity contribution in [2.75, 3.05) is 6.61 Å². The molecule has 136 valence electrons. The fourth-order valence-corrected chi connectivity index (χ4v) is 3.82. The molecule has 27 heavy (non-hydrogen) atoms. The first-order valence-electron chi connectivity index (χ1n) is 8.93. The van der Waals surface area contributed by atoms with E-state index >= 15 is 0 Å². The van der Waals surface area contributed by atoms with Crippen molar-refractivity contribution in [2.24, 2.45) is 0 Å². The van der Waals surface area contributed by atoms with Gasteiger partial charge in [-0.05, 0) is 34.9 Å². The van der Waals surface area contributed by atoms with Gasteiger partial charge in [0, 0.05) is 17.4 Å². The van der Waals surface area contributed by atoms with Crippen molar-refractivity contribution < 1.29 is 19.7 Å². The van der Waals surface area contributed by atoms with Gasteiger partial charge in [-0.15, -0.1) is 0 Å². The van der Waals surface area contributed by atoms with Gasteiger partial charge in [-0.3, -0.25) is 4.79 Å². The van der Waals surface area contributed by atoms with Gasteiger partial charge in [-0.2, -0.15) is 0 Å². The maximum Gasteiger partial charge on any atom is 0.307 e. The number of phenolic OH excluding ortho intramolecular Hbond substituents is 1. The molecule has 3 aromatic carbocycles. The molecule has 1 aliphatic heterocycles. The third kappa shape index (κ3) is 3.51. The number of carbonyl (C=O) groups is 1. The molecule has 2 atom stereocenters. The second kappa shape index (κ2) is 7.16. The van der Waals surface area contributed by atoms with Crippen LogP contribution < -0.4 is 4.74 Å². The van der Waals surface area contributed by atoms with Gasteiger partial charge in [0.05, 0.1) is 13.0 Å². The lowest BCUT2D eigenvalue weighted by molar-refractivity contribution is -0.136. The number of aromatic hydroxyl groups is 1. The summed E-state index contributed by atoms with van der Waals surface area (Å²) >= 11 is 0. The number of fused-ring (bicyclic) bond motifs is 1. The Morgan fingerprint density at radius 1 is 0.963 bits per heavy atom. The molecule has 1 heterocycles. The monoisotopic (exact) mass is 360 g/mol. The summed E-state index contributed by atoms with van der Waals surface area (Å²) in [6, 6.07) is 23.1. The number of hydrogen-bond donors (Lipinski definition) is 2. The van der Waals surface area contributed by atoms with E-state index in [1.807, 2.05) is 42.5 Å². The lowest BCUT2D eigenvalue weighted by atomic mass is 9.75. The predicted octanol–water partition coefficient (Wildman–Crippen LogP) is 4.33. The third-order valence-corrected chi connectivity index (χ3v) is 5.07. The predicted molar refractivity (Wildman–Crippen MR) is 102 cm³/mol. The maximum absolute atomic E-state index is 10.9. The first-order valence-corrected chi connectivity index (χ1v) is 8.93. The molecule has 0 radical (unpaired) electrons. The number of aliphatic carboxylic acids is 1. The minimum atomic E-state index is -0.841. The van der Waals surface area contributed by atoms with Crippen LogP contribution in [0.4, 0.5) is 0 Å². The van der Waals surface area contributed by atoms with Gasteiger partial charge in [0.1, 0.15) is 11.5 Å². The third-order valence-electron chi connectivity index (χ3n) is 5.07. The van der Waals surface area contributed by atoms with Crippen molar-refractivity contribution in [3.63, 3.8) is 0 Å². The van der Waals surface area contributed by atoms with Crippen LogP contribution in [-0.4, -0.2) is 22.8 Å². The minimum Gasteiger partial charge on any atom is -0.508 e. The standard InChI is InChI=1S/C23H20O4/c24-18-10-11-21-19(13-18)23(17-8-6-15(7-9-17)12-22(25)26)20(14-27-21)16-4-2-1-3-5-16/h1-11,13,20,23-24H,12,14H2,(H,25,26)/t20-,23-/m0/s1. The molecule has 4 heteroatoms. The molecule has 0 amide bonds. The van der Waals surface area contributed by atoms with Gasteiger partial charge in [0.25, 0.3) is 0 Å². The first kappa shape index (κ1) is 17.2. The van der Waals surface area contributed by atoms with Crippen LogP contribution in [-0.2, 0) is 11.2 Å². The lowest BCUT2D eigenvalue weighted by Crippen LogP contribution is -2.25. The highest BCUT2D eigenvalue weighted by atomic mass is 16.5. The Hall–Kier alpha value is -3.27. The average molecular weight is 360 g/mol. The summed E-state index contributed by atoms with van der Waals surface area (Å²) in [4.78, 5) is 10.9. The summed E-state index contributed by atoms with van der Waals surface area (Å²) in [6.07, 6.45) is 0.00749. The van der Waals surface area contributed by atoms with Crippen LogP contribution >= 0.6 is 0 Å². The molecule has 2 N–H and O–H groups in total. The van der Waals surface area contributed by atoms with Crippen LogP contribution in [0.2, 0.25) is 0 Å². The van der Waals surface area contributed by atoms with Crippen LogP contribution in [0.25, 0.3) is 0 Å². The van der Waals surface area contributed by atoms with Gasteiger partial charge in [0.15, 0.2) is 0 Å². The molecule has 4 nitrogen and oxygen atoms in total. The molecule has 0 spiro atoms. The zero-order chi connectivity index (χ0) is 18.8. The average Bonchev–Trinajstić information content (AvgIpc) is 2.68. The minimum absolute atomic E-state index is 0.00749. The fraction of sp³-hybridized carbons (Fsp3) is 0.174. The highest BCUT2D eigenvalue weighted by molar-refractivity contribution is 5.70. The second-order valence-corrected chi connectivity index (χ2v) is 6.84. The Morgan fingerprint density at radius 3 is 2.41 bits per heavy atom. The van der Waals surface area contributed by atoms with E-state index in [4.69, 9.17) is 9.84 Å². The lowest BCUT2D eigenvalue weighted by Gasteiger charge is -2.34. The van der Waals surface area contributed by atoms with Gasteiger partial charge in [0.2, 0.25) is 0 Å². The molecule has 0 saturated heterocycles. The topological polar surface area (TPSA) is 66.8 Å². The molecule has 0 bridgehead atoms. The van der Waals surface area contributed by atoms with E-state index < -0.39 is 5.97 Å². The van der Waals surface area contributed by atoms with Crippen LogP contribution in [0.1, 0.15) is 34.1 Å². The van der Waals surface area contributed by atoms with E-state index in [1.54, 1.807) is 18.2 Å². The summed E-state index contributed by atoms with van der Waals surface area (Å²) in [7, 11) is 0. The van der Waals surface area contributed by atoms with E-state index in [0.717, 1.165) is 22.4 Å². The van der Waals surface area contributed by atoms with Crippen molar-refractivity contribution in [1.29, 1.82) is 0 Å². The zero-order valence-corrected chi connectivity index (χ0v) is 14.7. The molecule has 0 aliphatic carbocycles. The Morgan fingerprint density at radius 2 is 1.70 bits per heavy atom. The Labute approximate surface area is 157 Å². The number of carboxylic acids is 1. The molecule has 0 aromatic heterocycles. The van der Waals surface area contributed by atoms with Gasteiger partial charge in [-0.1, -0.05) is 54.6 Å². The van der Waals surface area contributed by atoms with Crippen molar-refractivity contribution >= 4 is 5.97 Å². The molecule has 4 rings (SSSR count). The number of rotatable bonds is 4. The second-order valence-electron chi connectivity index (χ2n) is 6.84. The molecular formula is C23H20O4. The molecule has 1 aliphatic rings. The summed E-state index contributed by atoms with van der Waals surface area (Å²) in [6.45, 7) is 0.545. The highest BCUT2D eigenvalue weighted by Gasteiger charge is 2.33. The number of benzene rings is 3. The number of phenols is 1. The summed E-state index contributed by atoms with van der Waals surface area (Å²) in [5.74, 6) is 0.261. The van der Waals surface area contributed by atoms with E-state index in [2.05, 4.69) is 12.1 Å². The molecule has 0 unspecified atom stereocenters. The van der Waals surface area contributed by atoms with Crippen LogP contribution in [0.5, 0.6) is 11.5 Å². The fourth-order valence-electron chi connectivity index (χ4n) is 3.82. The Kier molecular flexibility index (Phi) is 4.55. The van der Waals surface area contributed by atoms with Crippen LogP contribution in [0.3, 0.4) is 0 Å². The molecule has 0 saturated carbocycles. The number of carboxylic acid groups (broad SMARTS) is 1.